The molecule has 0 heterocycles. The Morgan fingerprint density at radius 1 is 1.19 bits per heavy atom. The molecule has 6 N–H and O–H groups in total. The fourth-order valence-electron chi connectivity index (χ4n) is 1.20. The third-order valence-electron chi connectivity index (χ3n) is 2.36. The van der Waals surface area contributed by atoms with Gasteiger partial charge in [0.1, 0.15) is 11.4 Å². The maximum atomic E-state index is 13.1. The number of aliphatic hydroxyl groups is 3. The van der Waals surface area contributed by atoms with Gasteiger partial charge in [-0.15, -0.1) is 0 Å². The monoisotopic (exact) mass is 230 g/mol. The van der Waals surface area contributed by atoms with Crippen molar-refractivity contribution >= 4 is 11.4 Å². The molecule has 0 fully saturated rings. The molecule has 90 valence electrons. The van der Waals surface area contributed by atoms with Crippen LogP contribution < -0.4 is 11.1 Å². The Morgan fingerprint density at radius 3 is 2.25 bits per heavy atom. The lowest BCUT2D eigenvalue weighted by Gasteiger charge is -2.30. The van der Waals surface area contributed by atoms with E-state index in [2.05, 4.69) is 5.32 Å². The summed E-state index contributed by atoms with van der Waals surface area (Å²) >= 11 is 0. The van der Waals surface area contributed by atoms with E-state index in [9.17, 15) is 4.39 Å². The lowest BCUT2D eigenvalue weighted by molar-refractivity contribution is 0.0834. The second-order valence-corrected chi connectivity index (χ2v) is 3.58. The van der Waals surface area contributed by atoms with Crippen LogP contribution in [0.25, 0.3) is 0 Å². The molecule has 0 unspecified atom stereocenters. The molecule has 16 heavy (non-hydrogen) atoms. The standard InChI is InChI=1S/C10H15FN2O3/c11-7-2-1-3-8(9(7)12)13-10(4-14,5-15)6-16/h1-3,13-16H,4-6,12H2. The first-order valence-corrected chi connectivity index (χ1v) is 4.73. The van der Waals surface area contributed by atoms with Crippen molar-refractivity contribution < 1.29 is 19.7 Å². The number of hydrogen-bond acceptors (Lipinski definition) is 5. The summed E-state index contributed by atoms with van der Waals surface area (Å²) in [6, 6.07) is 4.12. The number of nitrogen functional groups attached to an aromatic ring is 1. The number of para-hydroxylation sites is 1. The quantitative estimate of drug-likeness (QED) is 0.441. The summed E-state index contributed by atoms with van der Waals surface area (Å²) in [6.45, 7) is -1.51. The van der Waals surface area contributed by atoms with Crippen molar-refractivity contribution in [2.75, 3.05) is 30.9 Å². The van der Waals surface area contributed by atoms with E-state index in [0.717, 1.165) is 0 Å². The number of rotatable bonds is 5. The molecule has 5 nitrogen and oxygen atoms in total. The van der Waals surface area contributed by atoms with E-state index < -0.39 is 31.2 Å². The van der Waals surface area contributed by atoms with Crippen LogP contribution in [0.5, 0.6) is 0 Å². The van der Waals surface area contributed by atoms with E-state index in [1.54, 1.807) is 0 Å². The number of aliphatic hydroxyl groups excluding tert-OH is 3. The zero-order valence-electron chi connectivity index (χ0n) is 8.65. The first-order valence-electron chi connectivity index (χ1n) is 4.73. The molecule has 1 aromatic carbocycles. The van der Waals surface area contributed by atoms with Gasteiger partial charge in [-0.25, -0.2) is 4.39 Å². The van der Waals surface area contributed by atoms with E-state index in [4.69, 9.17) is 21.1 Å². The van der Waals surface area contributed by atoms with Crippen molar-refractivity contribution in [1.29, 1.82) is 0 Å². The van der Waals surface area contributed by atoms with Gasteiger partial charge < -0.3 is 26.4 Å². The van der Waals surface area contributed by atoms with Gasteiger partial charge in [0.05, 0.1) is 31.2 Å². The molecule has 0 aliphatic heterocycles. The maximum Gasteiger partial charge on any atom is 0.148 e. The van der Waals surface area contributed by atoms with Gasteiger partial charge in [0.15, 0.2) is 0 Å². The van der Waals surface area contributed by atoms with Crippen LogP contribution in [0, 0.1) is 5.82 Å². The molecule has 0 aromatic heterocycles. The third kappa shape index (κ3) is 2.41. The summed E-state index contributed by atoms with van der Waals surface area (Å²) in [5, 5.41) is 29.9. The van der Waals surface area contributed by atoms with Crippen LogP contribution >= 0.6 is 0 Å². The maximum absolute atomic E-state index is 13.1. The number of nitrogens with one attached hydrogen (secondary N) is 1. The molecule has 6 heteroatoms. The van der Waals surface area contributed by atoms with Crippen LogP contribution in [0.4, 0.5) is 15.8 Å². The van der Waals surface area contributed by atoms with E-state index in [1.165, 1.54) is 18.2 Å². The number of hydrogen-bond donors (Lipinski definition) is 5. The SMILES string of the molecule is Nc1c(F)cccc1NC(CO)(CO)CO. The Bertz CT molecular complexity index is 348. The molecule has 0 spiro atoms. The highest BCUT2D eigenvalue weighted by atomic mass is 19.1. The second kappa shape index (κ2) is 5.11. The van der Waals surface area contributed by atoms with Crippen molar-refractivity contribution in [3.05, 3.63) is 24.0 Å². The van der Waals surface area contributed by atoms with E-state index in [1.807, 2.05) is 0 Å². The summed E-state index contributed by atoms with van der Waals surface area (Å²) in [4.78, 5) is 0. The largest absolute Gasteiger partial charge is 0.395 e. The van der Waals surface area contributed by atoms with Crippen molar-refractivity contribution in [2.45, 2.75) is 5.54 Å². The molecule has 0 amide bonds. The van der Waals surface area contributed by atoms with Crippen molar-refractivity contribution in [3.63, 3.8) is 0 Å². The zero-order valence-corrected chi connectivity index (χ0v) is 8.65. The minimum Gasteiger partial charge on any atom is -0.395 e. The van der Waals surface area contributed by atoms with Gasteiger partial charge in [-0.3, -0.25) is 0 Å². The highest BCUT2D eigenvalue weighted by Gasteiger charge is 2.28. The minimum absolute atomic E-state index is 0.123. The molecule has 0 aliphatic rings. The summed E-state index contributed by atoms with van der Waals surface area (Å²) in [5.41, 5.74) is 4.25. The molecule has 0 atom stereocenters. The molecular formula is C10H15FN2O3. The molecule has 1 aromatic rings. The fourth-order valence-corrected chi connectivity index (χ4v) is 1.20. The Balaban J connectivity index is 2.98. The minimum atomic E-state index is -1.32. The van der Waals surface area contributed by atoms with Gasteiger partial charge in [-0.2, -0.15) is 0 Å². The lowest BCUT2D eigenvalue weighted by Crippen LogP contribution is -2.49. The fraction of sp³-hybridized carbons (Fsp3) is 0.400. The van der Waals surface area contributed by atoms with Gasteiger partial charge in [0, 0.05) is 0 Å². The second-order valence-electron chi connectivity index (χ2n) is 3.58. The van der Waals surface area contributed by atoms with E-state index in [0.29, 0.717) is 0 Å². The summed E-state index contributed by atoms with van der Waals surface area (Å²) in [5.74, 6) is -0.604. The highest BCUT2D eigenvalue weighted by molar-refractivity contribution is 5.67. The molecule has 0 aliphatic carbocycles. The lowest BCUT2D eigenvalue weighted by atomic mass is 10.0. The van der Waals surface area contributed by atoms with Crippen LogP contribution in [0.3, 0.4) is 0 Å². The third-order valence-corrected chi connectivity index (χ3v) is 2.36. The van der Waals surface area contributed by atoms with Gasteiger partial charge in [0.25, 0.3) is 0 Å². The van der Waals surface area contributed by atoms with Crippen molar-refractivity contribution in [2.24, 2.45) is 0 Å². The van der Waals surface area contributed by atoms with Crippen LogP contribution in [0.1, 0.15) is 0 Å². The van der Waals surface area contributed by atoms with Gasteiger partial charge in [0.2, 0.25) is 0 Å². The smallest absolute Gasteiger partial charge is 0.148 e. The average molecular weight is 230 g/mol. The summed E-state index contributed by atoms with van der Waals surface area (Å²) in [7, 11) is 0. The predicted octanol–water partition coefficient (Wildman–Crippen LogP) is -0.465. The average Bonchev–Trinajstić information content (AvgIpc) is 2.32. The van der Waals surface area contributed by atoms with Gasteiger partial charge >= 0.3 is 0 Å². The predicted molar refractivity (Wildman–Crippen MR) is 58.4 cm³/mol. The zero-order chi connectivity index (χ0) is 12.2. The highest BCUT2D eigenvalue weighted by Crippen LogP contribution is 2.24. The molecule has 0 saturated carbocycles. The Morgan fingerprint density at radius 2 is 1.75 bits per heavy atom. The van der Waals surface area contributed by atoms with E-state index in [-0.39, 0.29) is 11.4 Å². The van der Waals surface area contributed by atoms with Crippen LogP contribution in [0.2, 0.25) is 0 Å². The Hall–Kier alpha value is -1.37. The van der Waals surface area contributed by atoms with Crippen LogP contribution in [0.15, 0.2) is 18.2 Å². The molecule has 0 saturated heterocycles. The Kier molecular flexibility index (Phi) is 4.05. The molecular weight excluding hydrogens is 215 g/mol. The summed E-state index contributed by atoms with van der Waals surface area (Å²) < 4.78 is 13.1. The number of anilines is 2. The molecule has 0 radical (unpaired) electrons. The van der Waals surface area contributed by atoms with Crippen molar-refractivity contribution in [3.8, 4) is 0 Å². The first-order chi connectivity index (χ1) is 7.58. The van der Waals surface area contributed by atoms with Crippen LogP contribution in [-0.4, -0.2) is 40.7 Å². The molecule has 0 bridgehead atoms. The topological polar surface area (TPSA) is 98.7 Å². The van der Waals surface area contributed by atoms with Gasteiger partial charge in [-0.05, 0) is 12.1 Å². The van der Waals surface area contributed by atoms with E-state index >= 15 is 0 Å². The number of benzene rings is 1. The Labute approximate surface area is 92.3 Å². The normalized spacial score (nSPS) is 11.5. The van der Waals surface area contributed by atoms with Crippen molar-refractivity contribution in [1.82, 2.24) is 0 Å². The number of nitrogens with two attached hydrogens (primary N) is 1. The number of halogens is 1. The van der Waals surface area contributed by atoms with Crippen LogP contribution in [-0.2, 0) is 0 Å². The first kappa shape index (κ1) is 12.7. The van der Waals surface area contributed by atoms with Gasteiger partial charge in [-0.1, -0.05) is 6.07 Å². The summed E-state index contributed by atoms with van der Waals surface area (Å²) in [6.07, 6.45) is 0. The molecule has 1 rings (SSSR count).